The first-order valence-electron chi connectivity index (χ1n) is 4.81. The molecule has 2 N–H and O–H groups in total. The maximum Gasteiger partial charge on any atom is 0.335 e. The summed E-state index contributed by atoms with van der Waals surface area (Å²) in [5.41, 5.74) is 0.846. The molecule has 5 nitrogen and oxygen atoms in total. The zero-order valence-electron chi connectivity index (χ0n) is 8.70. The molecule has 0 saturated carbocycles. The van der Waals surface area contributed by atoms with Crippen molar-refractivity contribution in [3.63, 3.8) is 0 Å². The van der Waals surface area contributed by atoms with Crippen molar-refractivity contribution >= 4 is 12.2 Å². The number of benzene rings is 1. The smallest absolute Gasteiger partial charge is 0.335 e. The van der Waals surface area contributed by atoms with Gasteiger partial charge in [-0.3, -0.25) is 0 Å². The second-order valence-corrected chi connectivity index (χ2v) is 3.33. The van der Waals surface area contributed by atoms with E-state index in [4.69, 9.17) is 14.7 Å². The van der Waals surface area contributed by atoms with Crippen molar-refractivity contribution < 1.29 is 19.5 Å². The van der Waals surface area contributed by atoms with Gasteiger partial charge in [-0.15, -0.1) is 0 Å². The van der Waals surface area contributed by atoms with Crippen LogP contribution in [0.1, 0.15) is 16.1 Å². The summed E-state index contributed by atoms with van der Waals surface area (Å²) in [6.45, 7) is 0. The summed E-state index contributed by atoms with van der Waals surface area (Å²) in [6, 6.07) is 9.71. The van der Waals surface area contributed by atoms with E-state index in [9.17, 15) is 4.79 Å². The Balaban J connectivity index is 2.38. The maximum atomic E-state index is 10.8. The summed E-state index contributed by atoms with van der Waals surface area (Å²) in [5.74, 6) is -0.0817. The van der Waals surface area contributed by atoms with Crippen LogP contribution in [0, 0.1) is 0 Å². The van der Waals surface area contributed by atoms with Crippen LogP contribution < -0.4 is 0 Å². The average Bonchev–Trinajstić information content (AvgIpc) is 2.78. The predicted molar refractivity (Wildman–Crippen MR) is 60.5 cm³/mol. The molecule has 0 saturated heterocycles. The first-order chi connectivity index (χ1) is 8.20. The van der Waals surface area contributed by atoms with Crippen LogP contribution in [0.4, 0.5) is 0 Å². The van der Waals surface area contributed by atoms with Crippen molar-refractivity contribution in [2.75, 3.05) is 0 Å². The van der Waals surface area contributed by atoms with E-state index in [0.717, 1.165) is 6.21 Å². The first kappa shape index (κ1) is 10.9. The molecule has 17 heavy (non-hydrogen) atoms. The summed E-state index contributed by atoms with van der Waals surface area (Å²) >= 11 is 0. The number of aromatic carboxylic acids is 1. The molecule has 0 aliphatic rings. The maximum absolute atomic E-state index is 10.8. The Labute approximate surface area is 96.6 Å². The molecule has 0 amide bonds. The summed E-state index contributed by atoms with van der Waals surface area (Å²) in [7, 11) is 0. The third-order valence-corrected chi connectivity index (χ3v) is 2.21. The molecule has 1 heterocycles. The van der Waals surface area contributed by atoms with Crippen molar-refractivity contribution in [3.8, 4) is 11.3 Å². The Morgan fingerprint density at radius 1 is 1.29 bits per heavy atom. The molecule has 86 valence electrons. The van der Waals surface area contributed by atoms with Crippen molar-refractivity contribution in [2.24, 2.45) is 5.16 Å². The van der Waals surface area contributed by atoms with Gasteiger partial charge in [-0.2, -0.15) is 0 Å². The molecule has 0 atom stereocenters. The van der Waals surface area contributed by atoms with Crippen molar-refractivity contribution in [2.45, 2.75) is 0 Å². The lowest BCUT2D eigenvalue weighted by molar-refractivity contribution is 0.0697. The summed E-state index contributed by atoms with van der Waals surface area (Å²) in [5, 5.41) is 20.1. The molecule has 0 aliphatic heterocycles. The highest BCUT2D eigenvalue weighted by Crippen LogP contribution is 2.22. The van der Waals surface area contributed by atoms with Gasteiger partial charge in [0, 0.05) is 5.56 Å². The molecule has 0 bridgehead atoms. The van der Waals surface area contributed by atoms with Gasteiger partial charge < -0.3 is 14.7 Å². The number of hydrogen-bond donors (Lipinski definition) is 2. The van der Waals surface area contributed by atoms with Gasteiger partial charge in [-0.1, -0.05) is 17.3 Å². The van der Waals surface area contributed by atoms with Gasteiger partial charge in [0.15, 0.2) is 0 Å². The highest BCUT2D eigenvalue weighted by Gasteiger charge is 2.07. The second kappa shape index (κ2) is 4.52. The van der Waals surface area contributed by atoms with Gasteiger partial charge in [0.2, 0.25) is 0 Å². The van der Waals surface area contributed by atoms with Crippen LogP contribution in [0.5, 0.6) is 0 Å². The van der Waals surface area contributed by atoms with Gasteiger partial charge in [-0.25, -0.2) is 4.79 Å². The van der Waals surface area contributed by atoms with Gasteiger partial charge in [0.1, 0.15) is 17.7 Å². The first-order valence-corrected chi connectivity index (χ1v) is 4.81. The number of carboxylic acid groups (broad SMARTS) is 1. The quantitative estimate of drug-likeness (QED) is 0.482. The van der Waals surface area contributed by atoms with E-state index in [-0.39, 0.29) is 5.56 Å². The van der Waals surface area contributed by atoms with Gasteiger partial charge in [-0.05, 0) is 24.3 Å². The van der Waals surface area contributed by atoms with Crippen LogP contribution in [0.15, 0.2) is 46.0 Å². The van der Waals surface area contributed by atoms with Crippen molar-refractivity contribution in [1.29, 1.82) is 0 Å². The molecule has 1 aromatic heterocycles. The minimum absolute atomic E-state index is 0.191. The van der Waals surface area contributed by atoms with E-state index in [1.807, 2.05) is 0 Å². The minimum atomic E-state index is -0.990. The number of carboxylic acids is 1. The number of rotatable bonds is 3. The number of nitrogens with zero attached hydrogens (tertiary/aromatic N) is 1. The molecular weight excluding hydrogens is 222 g/mol. The lowest BCUT2D eigenvalue weighted by Gasteiger charge is -1.98. The predicted octanol–water partition coefficient (Wildman–Crippen LogP) is 2.45. The fourth-order valence-electron chi connectivity index (χ4n) is 1.44. The molecule has 0 fully saturated rings. The largest absolute Gasteiger partial charge is 0.478 e. The fourth-order valence-corrected chi connectivity index (χ4v) is 1.44. The highest BCUT2D eigenvalue weighted by atomic mass is 16.4. The Kier molecular flexibility index (Phi) is 2.91. The molecule has 0 unspecified atom stereocenters. The summed E-state index contributed by atoms with van der Waals surface area (Å²) in [6.07, 6.45) is 1.16. The van der Waals surface area contributed by atoms with E-state index >= 15 is 0 Å². The summed E-state index contributed by atoms with van der Waals surface area (Å²) < 4.78 is 5.34. The van der Waals surface area contributed by atoms with E-state index in [1.54, 1.807) is 24.3 Å². The van der Waals surface area contributed by atoms with Crippen LogP contribution >= 0.6 is 0 Å². The van der Waals surface area contributed by atoms with E-state index in [2.05, 4.69) is 5.16 Å². The number of furan rings is 1. The zero-order valence-corrected chi connectivity index (χ0v) is 8.70. The normalized spacial score (nSPS) is 10.8. The molecule has 0 spiro atoms. The van der Waals surface area contributed by atoms with Gasteiger partial charge in [0.25, 0.3) is 0 Å². The number of oxime groups is 1. The Morgan fingerprint density at radius 2 is 2.12 bits per heavy atom. The van der Waals surface area contributed by atoms with Crippen LogP contribution in [0.2, 0.25) is 0 Å². The zero-order chi connectivity index (χ0) is 12.3. The van der Waals surface area contributed by atoms with Crippen molar-refractivity contribution in [1.82, 2.24) is 0 Å². The molecule has 1 aromatic carbocycles. The molecular formula is C12H9NO4. The second-order valence-electron chi connectivity index (χ2n) is 3.33. The van der Waals surface area contributed by atoms with Crippen LogP contribution in [-0.4, -0.2) is 22.5 Å². The Morgan fingerprint density at radius 3 is 2.82 bits per heavy atom. The van der Waals surface area contributed by atoms with Crippen LogP contribution in [0.3, 0.4) is 0 Å². The van der Waals surface area contributed by atoms with E-state index in [1.165, 1.54) is 12.1 Å². The van der Waals surface area contributed by atoms with Gasteiger partial charge in [0.05, 0.1) is 5.56 Å². The molecule has 2 rings (SSSR count). The minimum Gasteiger partial charge on any atom is -0.478 e. The lowest BCUT2D eigenvalue weighted by Crippen LogP contribution is -1.95. The monoisotopic (exact) mass is 231 g/mol. The molecule has 5 heteroatoms. The van der Waals surface area contributed by atoms with E-state index < -0.39 is 5.97 Å². The van der Waals surface area contributed by atoms with Crippen LogP contribution in [0.25, 0.3) is 11.3 Å². The number of hydrogen-bond acceptors (Lipinski definition) is 4. The highest BCUT2D eigenvalue weighted by molar-refractivity contribution is 5.89. The molecule has 0 radical (unpaired) electrons. The van der Waals surface area contributed by atoms with Crippen molar-refractivity contribution in [3.05, 3.63) is 47.7 Å². The number of carbonyl (C=O) groups is 1. The SMILES string of the molecule is O=C(O)c1cccc(-c2ccc(/C=N/O)o2)c1. The fraction of sp³-hybridized carbons (Fsp3) is 0. The molecule has 2 aromatic rings. The average molecular weight is 231 g/mol. The lowest BCUT2D eigenvalue weighted by atomic mass is 10.1. The topological polar surface area (TPSA) is 83.0 Å². The third kappa shape index (κ3) is 2.34. The standard InChI is InChI=1S/C12H9NO4/c14-12(15)9-3-1-2-8(6-9)11-5-4-10(17-11)7-13-16/h1-7,16H,(H,14,15)/b13-7+. The van der Waals surface area contributed by atoms with Gasteiger partial charge >= 0.3 is 5.97 Å². The Bertz CT molecular complexity index is 571. The summed E-state index contributed by atoms with van der Waals surface area (Å²) in [4.78, 5) is 10.8. The Hall–Kier alpha value is -2.56. The van der Waals surface area contributed by atoms with E-state index in [0.29, 0.717) is 17.1 Å². The van der Waals surface area contributed by atoms with Crippen LogP contribution in [-0.2, 0) is 0 Å². The molecule has 0 aliphatic carbocycles. The third-order valence-electron chi connectivity index (χ3n) is 2.21.